The molecule has 5 rings (SSSR count). The van der Waals surface area contributed by atoms with E-state index in [0.29, 0.717) is 23.2 Å². The van der Waals surface area contributed by atoms with E-state index in [-0.39, 0.29) is 35.5 Å². The number of rotatable bonds is 7. The Bertz CT molecular complexity index is 1280. The van der Waals surface area contributed by atoms with Gasteiger partial charge in [-0.25, -0.2) is 0 Å². The second-order valence-corrected chi connectivity index (χ2v) is 8.54. The molecule has 0 unspecified atom stereocenters. The van der Waals surface area contributed by atoms with Crippen LogP contribution in [0.25, 0.3) is 0 Å². The van der Waals surface area contributed by atoms with Crippen molar-refractivity contribution in [3.63, 3.8) is 0 Å². The number of benzene rings is 3. The van der Waals surface area contributed by atoms with E-state index in [1.54, 1.807) is 24.3 Å². The van der Waals surface area contributed by atoms with Crippen molar-refractivity contribution in [2.24, 2.45) is 0 Å². The van der Waals surface area contributed by atoms with E-state index in [2.05, 4.69) is 10.6 Å². The van der Waals surface area contributed by atoms with Gasteiger partial charge in [0.05, 0.1) is 11.1 Å². The van der Waals surface area contributed by atoms with Crippen LogP contribution in [0.5, 0.6) is 0 Å². The van der Waals surface area contributed by atoms with Crippen molar-refractivity contribution in [1.29, 1.82) is 0 Å². The maximum atomic E-state index is 12.9. The Morgan fingerprint density at radius 3 is 2.18 bits per heavy atom. The lowest BCUT2D eigenvalue weighted by molar-refractivity contribution is 0.0655. The standard InChI is InChI=1S/C27H23N3O4/c31-24(28-21-11-12-21)18-6-9-20(10-7-18)29-25(32)19-8-13-22-23(16-19)27(34)30(26(22)33)15-14-17-4-2-1-3-5-17/h1-10,13,16,21H,11-12,14-15H2,(H,28,31)(H,29,32). The van der Waals surface area contributed by atoms with Crippen molar-refractivity contribution in [2.45, 2.75) is 25.3 Å². The summed E-state index contributed by atoms with van der Waals surface area (Å²) in [6, 6.07) is 21.1. The number of carbonyl (C=O) groups excluding carboxylic acids is 4. The number of carbonyl (C=O) groups is 4. The summed E-state index contributed by atoms with van der Waals surface area (Å²) in [6.45, 7) is 0.276. The van der Waals surface area contributed by atoms with E-state index in [9.17, 15) is 19.2 Å². The Morgan fingerprint density at radius 2 is 1.47 bits per heavy atom. The van der Waals surface area contributed by atoms with Gasteiger partial charge in [-0.1, -0.05) is 30.3 Å². The van der Waals surface area contributed by atoms with E-state index in [1.165, 1.54) is 23.1 Å². The summed E-state index contributed by atoms with van der Waals surface area (Å²) in [6.07, 6.45) is 2.59. The average molecular weight is 453 g/mol. The minimum Gasteiger partial charge on any atom is -0.349 e. The van der Waals surface area contributed by atoms with Gasteiger partial charge in [0.25, 0.3) is 23.6 Å². The van der Waals surface area contributed by atoms with Gasteiger partial charge in [-0.3, -0.25) is 24.1 Å². The molecule has 0 radical (unpaired) electrons. The molecule has 1 fully saturated rings. The monoisotopic (exact) mass is 453 g/mol. The van der Waals surface area contributed by atoms with E-state index in [0.717, 1.165) is 18.4 Å². The molecule has 2 N–H and O–H groups in total. The zero-order valence-electron chi connectivity index (χ0n) is 18.4. The molecule has 1 heterocycles. The number of amides is 4. The highest BCUT2D eigenvalue weighted by Crippen LogP contribution is 2.25. The van der Waals surface area contributed by atoms with Gasteiger partial charge in [-0.05, 0) is 67.3 Å². The molecular formula is C27H23N3O4. The van der Waals surface area contributed by atoms with Crippen molar-refractivity contribution < 1.29 is 19.2 Å². The number of fused-ring (bicyclic) bond motifs is 1. The van der Waals surface area contributed by atoms with Crippen LogP contribution in [0.3, 0.4) is 0 Å². The van der Waals surface area contributed by atoms with Gasteiger partial charge in [0.15, 0.2) is 0 Å². The second kappa shape index (κ2) is 8.94. The normalized spacial score (nSPS) is 14.6. The maximum Gasteiger partial charge on any atom is 0.261 e. The molecule has 1 aliphatic carbocycles. The molecule has 0 aromatic heterocycles. The van der Waals surface area contributed by atoms with Crippen LogP contribution < -0.4 is 10.6 Å². The highest BCUT2D eigenvalue weighted by molar-refractivity contribution is 6.22. The van der Waals surface area contributed by atoms with Crippen molar-refractivity contribution in [3.05, 3.63) is 101 Å². The Kier molecular flexibility index (Phi) is 5.67. The number of hydrogen-bond donors (Lipinski definition) is 2. The molecule has 7 nitrogen and oxygen atoms in total. The van der Waals surface area contributed by atoms with E-state index >= 15 is 0 Å². The third kappa shape index (κ3) is 4.45. The summed E-state index contributed by atoms with van der Waals surface area (Å²) >= 11 is 0. The van der Waals surface area contributed by atoms with Crippen molar-refractivity contribution in [2.75, 3.05) is 11.9 Å². The Morgan fingerprint density at radius 1 is 0.794 bits per heavy atom. The number of hydrogen-bond acceptors (Lipinski definition) is 4. The molecule has 0 spiro atoms. The van der Waals surface area contributed by atoms with Crippen molar-refractivity contribution in [3.8, 4) is 0 Å². The Labute approximate surface area is 196 Å². The maximum absolute atomic E-state index is 12.9. The van der Waals surface area contributed by atoms with Gasteiger partial charge in [0, 0.05) is 29.4 Å². The highest BCUT2D eigenvalue weighted by atomic mass is 16.2. The van der Waals surface area contributed by atoms with E-state index < -0.39 is 11.8 Å². The Balaban J connectivity index is 1.25. The lowest BCUT2D eigenvalue weighted by atomic mass is 10.1. The van der Waals surface area contributed by atoms with Crippen LogP contribution >= 0.6 is 0 Å². The molecular weight excluding hydrogens is 430 g/mol. The van der Waals surface area contributed by atoms with Gasteiger partial charge in [-0.15, -0.1) is 0 Å². The van der Waals surface area contributed by atoms with Crippen LogP contribution in [-0.2, 0) is 6.42 Å². The molecule has 3 aromatic carbocycles. The molecule has 3 aromatic rings. The SMILES string of the molecule is O=C(Nc1ccc(C(=O)NC2CC2)cc1)c1ccc2c(c1)C(=O)N(CCc1ccccc1)C2=O. The molecule has 0 saturated heterocycles. The van der Waals surface area contributed by atoms with E-state index in [4.69, 9.17) is 0 Å². The van der Waals surface area contributed by atoms with Gasteiger partial charge >= 0.3 is 0 Å². The minimum absolute atomic E-state index is 0.126. The van der Waals surface area contributed by atoms with Crippen LogP contribution in [0.4, 0.5) is 5.69 Å². The molecule has 1 aliphatic heterocycles. The highest BCUT2D eigenvalue weighted by Gasteiger charge is 2.35. The zero-order valence-corrected chi connectivity index (χ0v) is 18.4. The molecule has 4 amide bonds. The second-order valence-electron chi connectivity index (χ2n) is 8.54. The van der Waals surface area contributed by atoms with Crippen LogP contribution in [0.15, 0.2) is 72.8 Å². The van der Waals surface area contributed by atoms with E-state index in [1.807, 2.05) is 30.3 Å². The largest absolute Gasteiger partial charge is 0.349 e. The summed E-state index contributed by atoms with van der Waals surface area (Å²) in [7, 11) is 0. The molecule has 2 aliphatic rings. The minimum atomic E-state index is -0.402. The van der Waals surface area contributed by atoms with Crippen molar-refractivity contribution >= 4 is 29.3 Å². The molecule has 34 heavy (non-hydrogen) atoms. The first-order valence-corrected chi connectivity index (χ1v) is 11.3. The topological polar surface area (TPSA) is 95.6 Å². The van der Waals surface area contributed by atoms with Crippen LogP contribution in [0.1, 0.15) is 59.8 Å². The summed E-state index contributed by atoms with van der Waals surface area (Å²) in [5.74, 6) is -1.26. The summed E-state index contributed by atoms with van der Waals surface area (Å²) in [5, 5.41) is 5.69. The van der Waals surface area contributed by atoms with Crippen molar-refractivity contribution in [1.82, 2.24) is 10.2 Å². The number of nitrogens with zero attached hydrogens (tertiary/aromatic N) is 1. The fraction of sp³-hybridized carbons (Fsp3) is 0.185. The summed E-state index contributed by atoms with van der Waals surface area (Å²) in [5.41, 5.74) is 2.91. The first-order valence-electron chi connectivity index (χ1n) is 11.3. The van der Waals surface area contributed by atoms with Gasteiger partial charge in [0.2, 0.25) is 0 Å². The van der Waals surface area contributed by atoms with Crippen LogP contribution in [0, 0.1) is 0 Å². The van der Waals surface area contributed by atoms with Crippen LogP contribution in [-0.4, -0.2) is 41.1 Å². The lowest BCUT2D eigenvalue weighted by Gasteiger charge is -2.13. The number of nitrogens with one attached hydrogen (secondary N) is 2. The molecule has 0 bridgehead atoms. The third-order valence-electron chi connectivity index (χ3n) is 6.02. The molecule has 7 heteroatoms. The quantitative estimate of drug-likeness (QED) is 0.534. The lowest BCUT2D eigenvalue weighted by Crippen LogP contribution is -2.31. The van der Waals surface area contributed by atoms with Gasteiger partial charge in [0.1, 0.15) is 0 Å². The fourth-order valence-corrected chi connectivity index (χ4v) is 3.93. The predicted octanol–water partition coefficient (Wildman–Crippen LogP) is 3.67. The average Bonchev–Trinajstić information content (AvgIpc) is 3.64. The molecule has 0 atom stereocenters. The fourth-order valence-electron chi connectivity index (χ4n) is 3.93. The van der Waals surface area contributed by atoms with Crippen LogP contribution in [0.2, 0.25) is 0 Å². The number of anilines is 1. The smallest absolute Gasteiger partial charge is 0.261 e. The first-order chi connectivity index (χ1) is 16.5. The molecule has 170 valence electrons. The first kappa shape index (κ1) is 21.6. The Hall–Kier alpha value is -4.26. The zero-order chi connectivity index (χ0) is 23.7. The third-order valence-corrected chi connectivity index (χ3v) is 6.02. The summed E-state index contributed by atoms with van der Waals surface area (Å²) in [4.78, 5) is 51.7. The predicted molar refractivity (Wildman–Crippen MR) is 127 cm³/mol. The van der Waals surface area contributed by atoms with Gasteiger partial charge < -0.3 is 10.6 Å². The van der Waals surface area contributed by atoms with Gasteiger partial charge in [-0.2, -0.15) is 0 Å². The summed E-state index contributed by atoms with van der Waals surface area (Å²) < 4.78 is 0. The molecule has 1 saturated carbocycles. The number of imide groups is 1.